The van der Waals surface area contributed by atoms with Gasteiger partial charge in [0.1, 0.15) is 0 Å². The van der Waals surface area contributed by atoms with Gasteiger partial charge in [-0.15, -0.1) is 0 Å². The van der Waals surface area contributed by atoms with Crippen LogP contribution in [0.1, 0.15) is 33.1 Å². The number of carbonyl (C=O) groups excluding carboxylic acids is 1. The highest BCUT2D eigenvalue weighted by Gasteiger charge is 2.53. The van der Waals surface area contributed by atoms with Gasteiger partial charge in [0.25, 0.3) is 5.79 Å². The second-order valence-corrected chi connectivity index (χ2v) is 7.58. The molecule has 0 radical (unpaired) electrons. The molecule has 0 bridgehead atoms. The maximum Gasteiger partial charge on any atom is 0.364 e. The molecule has 26 heavy (non-hydrogen) atoms. The molecule has 1 unspecified atom stereocenters. The van der Waals surface area contributed by atoms with Crippen LogP contribution in [0.5, 0.6) is 0 Å². The Morgan fingerprint density at radius 2 is 2.15 bits per heavy atom. The average molecular weight is 395 g/mol. The average Bonchev–Trinajstić information content (AvgIpc) is 2.57. The Morgan fingerprint density at radius 1 is 1.46 bits per heavy atom. The number of aliphatic carboxylic acids is 1. The smallest absolute Gasteiger partial charge is 0.364 e. The van der Waals surface area contributed by atoms with E-state index in [0.717, 1.165) is 11.5 Å². The number of carboxylic acids is 1. The van der Waals surface area contributed by atoms with Crippen molar-refractivity contribution < 1.29 is 39.5 Å². The second-order valence-electron chi connectivity index (χ2n) is 6.18. The first kappa shape index (κ1) is 23.1. The molecule has 1 rings (SSSR count). The van der Waals surface area contributed by atoms with Gasteiger partial charge in [-0.05, 0) is 17.9 Å². The Morgan fingerprint density at radius 3 is 2.69 bits per heavy atom. The van der Waals surface area contributed by atoms with E-state index in [1.807, 2.05) is 6.92 Å². The molecule has 9 nitrogen and oxygen atoms in total. The maximum absolute atomic E-state index is 11.8. The highest BCUT2D eigenvalue weighted by atomic mass is 32.2. The summed E-state index contributed by atoms with van der Waals surface area (Å²) in [4.78, 5) is 23.2. The summed E-state index contributed by atoms with van der Waals surface area (Å²) in [7, 11) is 0. The van der Waals surface area contributed by atoms with Crippen molar-refractivity contribution in [3.8, 4) is 0 Å². The summed E-state index contributed by atoms with van der Waals surface area (Å²) in [5.41, 5.74) is 0. The van der Waals surface area contributed by atoms with E-state index in [1.54, 1.807) is 11.8 Å². The Labute approximate surface area is 157 Å². The molecule has 0 aliphatic carbocycles. The van der Waals surface area contributed by atoms with Gasteiger partial charge in [0.2, 0.25) is 5.91 Å². The van der Waals surface area contributed by atoms with Gasteiger partial charge in [0.05, 0.1) is 37.6 Å². The van der Waals surface area contributed by atoms with Crippen molar-refractivity contribution in [1.29, 1.82) is 0 Å². The molecule has 0 aromatic rings. The first-order chi connectivity index (χ1) is 12.3. The van der Waals surface area contributed by atoms with Gasteiger partial charge < -0.3 is 35.2 Å². The van der Waals surface area contributed by atoms with Crippen LogP contribution in [0.4, 0.5) is 0 Å². The number of hydrogen-bond acceptors (Lipinski definition) is 8. The van der Waals surface area contributed by atoms with Crippen LogP contribution in [0.3, 0.4) is 0 Å². The van der Waals surface area contributed by atoms with E-state index in [9.17, 15) is 24.9 Å². The molecule has 1 aliphatic rings. The van der Waals surface area contributed by atoms with Crippen molar-refractivity contribution >= 4 is 23.6 Å². The maximum atomic E-state index is 11.8. The number of rotatable bonds is 11. The number of aliphatic hydroxyl groups is 3. The zero-order valence-electron chi connectivity index (χ0n) is 15.1. The third kappa shape index (κ3) is 6.67. The predicted octanol–water partition coefficient (Wildman–Crippen LogP) is -0.675. The van der Waals surface area contributed by atoms with Gasteiger partial charge in [-0.1, -0.05) is 6.92 Å². The Bertz CT molecular complexity index is 466. The molecular weight excluding hydrogens is 366 g/mol. The lowest BCUT2D eigenvalue weighted by molar-refractivity contribution is -0.298. The summed E-state index contributed by atoms with van der Waals surface area (Å²) in [5.74, 6) is -2.13. The molecule has 10 heteroatoms. The molecule has 1 fully saturated rings. The fourth-order valence-corrected chi connectivity index (χ4v) is 3.42. The quantitative estimate of drug-likeness (QED) is 0.287. The van der Waals surface area contributed by atoms with Crippen molar-refractivity contribution in [1.82, 2.24) is 5.32 Å². The second kappa shape index (κ2) is 11.1. The van der Waals surface area contributed by atoms with E-state index in [2.05, 4.69) is 5.32 Å². The summed E-state index contributed by atoms with van der Waals surface area (Å²) < 4.78 is 11.1. The lowest BCUT2D eigenvalue weighted by Gasteiger charge is -2.45. The van der Waals surface area contributed by atoms with Gasteiger partial charge in [0.15, 0.2) is 0 Å². The van der Waals surface area contributed by atoms with Crippen LogP contribution < -0.4 is 5.32 Å². The highest BCUT2D eigenvalue weighted by molar-refractivity contribution is 7.99. The Balaban J connectivity index is 2.91. The van der Waals surface area contributed by atoms with Crippen molar-refractivity contribution in [3.05, 3.63) is 0 Å². The molecule has 0 aromatic heterocycles. The number of amides is 1. The van der Waals surface area contributed by atoms with Gasteiger partial charge in [0, 0.05) is 19.8 Å². The Kier molecular flexibility index (Phi) is 9.83. The fraction of sp³-hybridized carbons (Fsp3) is 0.875. The van der Waals surface area contributed by atoms with E-state index in [4.69, 9.17) is 14.6 Å². The molecule has 1 aliphatic heterocycles. The van der Waals surface area contributed by atoms with Crippen LogP contribution in [0.15, 0.2) is 0 Å². The minimum absolute atomic E-state index is 0.131. The topological polar surface area (TPSA) is 146 Å². The number of hydrogen-bond donors (Lipinski definition) is 5. The van der Waals surface area contributed by atoms with Crippen LogP contribution in [-0.2, 0) is 19.1 Å². The van der Waals surface area contributed by atoms with Crippen LogP contribution in [0, 0.1) is 0 Å². The van der Waals surface area contributed by atoms with E-state index < -0.39 is 48.6 Å². The molecule has 0 spiro atoms. The third-order valence-corrected chi connectivity index (χ3v) is 5.00. The first-order valence-electron chi connectivity index (χ1n) is 8.62. The number of carbonyl (C=O) groups is 2. The van der Waals surface area contributed by atoms with Crippen LogP contribution in [-0.4, -0.2) is 87.2 Å². The molecule has 1 heterocycles. The number of aliphatic hydroxyl groups excluding tert-OH is 3. The van der Waals surface area contributed by atoms with Crippen LogP contribution in [0.25, 0.3) is 0 Å². The summed E-state index contributed by atoms with van der Waals surface area (Å²) in [6.07, 6.45) is -3.38. The fourth-order valence-electron chi connectivity index (χ4n) is 2.81. The molecule has 5 N–H and O–H groups in total. The zero-order valence-corrected chi connectivity index (χ0v) is 15.9. The summed E-state index contributed by atoms with van der Waals surface area (Å²) >= 11 is 1.70. The summed E-state index contributed by atoms with van der Waals surface area (Å²) in [6, 6.07) is -0.916. The van der Waals surface area contributed by atoms with E-state index >= 15 is 0 Å². The first-order valence-corrected chi connectivity index (χ1v) is 9.78. The van der Waals surface area contributed by atoms with Crippen LogP contribution >= 0.6 is 11.8 Å². The van der Waals surface area contributed by atoms with Gasteiger partial charge in [-0.3, -0.25) is 4.79 Å². The molecule has 0 aromatic carbocycles. The van der Waals surface area contributed by atoms with Gasteiger partial charge in [-0.2, -0.15) is 11.8 Å². The van der Waals surface area contributed by atoms with Crippen molar-refractivity contribution in [2.75, 3.05) is 24.7 Å². The van der Waals surface area contributed by atoms with Crippen LogP contribution in [0.2, 0.25) is 0 Å². The number of thioether (sulfide) groups is 1. The minimum atomic E-state index is -2.06. The largest absolute Gasteiger partial charge is 0.477 e. The van der Waals surface area contributed by atoms with E-state index in [1.165, 1.54) is 6.92 Å². The van der Waals surface area contributed by atoms with Crippen molar-refractivity contribution in [3.63, 3.8) is 0 Å². The lowest BCUT2D eigenvalue weighted by Crippen LogP contribution is -2.64. The molecule has 1 saturated heterocycles. The summed E-state index contributed by atoms with van der Waals surface area (Å²) in [6.45, 7) is 2.85. The molecule has 152 valence electrons. The van der Waals surface area contributed by atoms with Gasteiger partial charge >= 0.3 is 5.97 Å². The summed E-state index contributed by atoms with van der Waals surface area (Å²) in [5, 5.41) is 41.3. The van der Waals surface area contributed by atoms with Crippen molar-refractivity contribution in [2.45, 2.75) is 63.3 Å². The Hall–Kier alpha value is -0.910. The van der Waals surface area contributed by atoms with E-state index in [-0.39, 0.29) is 19.4 Å². The molecule has 0 saturated carbocycles. The highest BCUT2D eigenvalue weighted by Crippen LogP contribution is 2.33. The monoisotopic (exact) mass is 395 g/mol. The minimum Gasteiger partial charge on any atom is -0.477 e. The normalized spacial score (nSPS) is 30.0. The number of nitrogens with one attached hydrogen (secondary N) is 1. The number of ether oxygens (including phenoxy) is 2. The molecule has 5 atom stereocenters. The van der Waals surface area contributed by atoms with Gasteiger partial charge in [-0.25, -0.2) is 4.79 Å². The van der Waals surface area contributed by atoms with E-state index in [0.29, 0.717) is 6.42 Å². The predicted molar refractivity (Wildman–Crippen MR) is 94.7 cm³/mol. The SMILES string of the molecule is CCSCCCO[C@]1(C(=O)O)C[C@H](O)C(NC(C)=O)[C@H](C[C@H](O)CO)O1. The standard InChI is InChI=1S/C16H29NO8S/c1-3-26-6-4-5-24-16(15(22)23)8-12(21)14(17-10(2)19)13(25-16)7-11(20)9-18/h11-14,18,20-21H,3-9H2,1-2H3,(H,17,19)(H,22,23)/t11-,12-,13-,14?,16+/m0/s1. The lowest BCUT2D eigenvalue weighted by atomic mass is 9.90. The number of carboxylic acid groups (broad SMARTS) is 1. The molecule has 1 amide bonds. The van der Waals surface area contributed by atoms with Crippen molar-refractivity contribution in [2.24, 2.45) is 0 Å². The third-order valence-electron chi connectivity index (χ3n) is 4.02. The molecular formula is C16H29NO8S. The zero-order chi connectivity index (χ0) is 19.7.